The van der Waals surface area contributed by atoms with Gasteiger partial charge in [-0.15, -0.1) is 10.2 Å². The monoisotopic (exact) mass is 320 g/mol. The molecule has 2 aromatic heterocycles. The molecular weight excluding hydrogens is 304 g/mol. The second-order valence-corrected chi connectivity index (χ2v) is 5.43. The number of oxazole rings is 1. The number of aryl methyl sites for hydroxylation is 1. The first-order chi connectivity index (χ1) is 11.8. The van der Waals surface area contributed by atoms with Crippen LogP contribution >= 0.6 is 0 Å². The van der Waals surface area contributed by atoms with Crippen LogP contribution in [0.3, 0.4) is 0 Å². The fraction of sp³-hybridized carbons (Fsp3) is 0.167. The Morgan fingerprint density at radius 1 is 1.08 bits per heavy atom. The molecule has 4 rings (SSSR count). The van der Waals surface area contributed by atoms with Crippen LogP contribution in [0.5, 0.6) is 5.75 Å². The number of benzene rings is 2. The minimum Gasteiger partial charge on any atom is -0.495 e. The molecule has 0 bridgehead atoms. The first-order valence-electron chi connectivity index (χ1n) is 7.71. The summed E-state index contributed by atoms with van der Waals surface area (Å²) in [6.45, 7) is 2.12. The molecule has 2 heterocycles. The minimum atomic E-state index is 0.579. The number of fused-ring (bicyclic) bond motifs is 1. The van der Waals surface area contributed by atoms with Crippen molar-refractivity contribution in [3.63, 3.8) is 0 Å². The first-order valence-corrected chi connectivity index (χ1v) is 7.71. The molecule has 24 heavy (non-hydrogen) atoms. The highest BCUT2D eigenvalue weighted by Gasteiger charge is 2.13. The maximum atomic E-state index is 5.91. The van der Waals surface area contributed by atoms with Crippen LogP contribution in [-0.2, 0) is 6.42 Å². The molecule has 0 radical (unpaired) electrons. The highest BCUT2D eigenvalue weighted by molar-refractivity contribution is 5.77. The van der Waals surface area contributed by atoms with Crippen molar-refractivity contribution < 1.29 is 9.15 Å². The number of methoxy groups -OCH3 is 1. The number of aromatic nitrogens is 4. The Balaban J connectivity index is 1.83. The molecule has 0 N–H and O–H groups in total. The van der Waals surface area contributed by atoms with Gasteiger partial charge in [0.05, 0.1) is 12.8 Å². The lowest BCUT2D eigenvalue weighted by Crippen LogP contribution is -1.96. The molecule has 0 fully saturated rings. The second kappa shape index (κ2) is 5.81. The molecule has 0 atom stereocenters. The normalized spacial score (nSPS) is 11.1. The van der Waals surface area contributed by atoms with Gasteiger partial charge in [0.1, 0.15) is 23.9 Å². The Bertz CT molecular complexity index is 990. The van der Waals surface area contributed by atoms with E-state index in [-0.39, 0.29) is 0 Å². The van der Waals surface area contributed by atoms with E-state index in [4.69, 9.17) is 9.15 Å². The maximum absolute atomic E-state index is 5.91. The molecule has 0 aliphatic carbocycles. The Morgan fingerprint density at radius 2 is 1.92 bits per heavy atom. The van der Waals surface area contributed by atoms with Gasteiger partial charge in [-0.1, -0.05) is 13.0 Å². The van der Waals surface area contributed by atoms with Crippen LogP contribution in [0.1, 0.15) is 12.5 Å². The summed E-state index contributed by atoms with van der Waals surface area (Å²) in [5, 5.41) is 7.70. The van der Waals surface area contributed by atoms with E-state index in [1.807, 2.05) is 24.3 Å². The van der Waals surface area contributed by atoms with E-state index in [2.05, 4.69) is 34.2 Å². The molecule has 0 spiro atoms. The minimum absolute atomic E-state index is 0.579. The zero-order valence-electron chi connectivity index (χ0n) is 13.4. The van der Waals surface area contributed by atoms with Crippen molar-refractivity contribution >= 4 is 11.1 Å². The molecule has 120 valence electrons. The van der Waals surface area contributed by atoms with E-state index in [1.54, 1.807) is 24.3 Å². The van der Waals surface area contributed by atoms with Crippen LogP contribution in [0.15, 0.2) is 53.5 Å². The number of hydrogen-bond acceptors (Lipinski definition) is 5. The average molecular weight is 320 g/mol. The molecule has 6 nitrogen and oxygen atoms in total. The van der Waals surface area contributed by atoms with Gasteiger partial charge in [-0.05, 0) is 42.3 Å². The topological polar surface area (TPSA) is 66.0 Å². The lowest BCUT2D eigenvalue weighted by Gasteiger charge is -2.09. The van der Waals surface area contributed by atoms with Crippen LogP contribution in [0.4, 0.5) is 0 Å². The van der Waals surface area contributed by atoms with Crippen molar-refractivity contribution in [2.75, 3.05) is 7.11 Å². The standard InChI is InChI=1S/C18H16N4O2/c1-3-12-4-6-16-14(8-12)21-18(24-16)13-5-7-17(23-2)15(9-13)22-10-19-20-11-22/h4-11H,3H2,1-2H3. The Labute approximate surface area is 138 Å². The Hall–Kier alpha value is -3.15. The van der Waals surface area contributed by atoms with E-state index in [0.717, 1.165) is 34.5 Å². The number of hydrogen-bond donors (Lipinski definition) is 0. The van der Waals surface area contributed by atoms with Crippen LogP contribution in [-0.4, -0.2) is 26.9 Å². The van der Waals surface area contributed by atoms with Crippen LogP contribution in [0.25, 0.3) is 28.2 Å². The molecule has 4 aromatic rings. The van der Waals surface area contributed by atoms with Crippen LogP contribution in [0, 0.1) is 0 Å². The molecule has 6 heteroatoms. The summed E-state index contributed by atoms with van der Waals surface area (Å²) >= 11 is 0. The third-order valence-corrected chi connectivity index (χ3v) is 3.98. The van der Waals surface area contributed by atoms with Crippen molar-refractivity contribution in [3.05, 3.63) is 54.6 Å². The maximum Gasteiger partial charge on any atom is 0.227 e. The first kappa shape index (κ1) is 14.4. The quantitative estimate of drug-likeness (QED) is 0.574. The number of rotatable bonds is 4. The average Bonchev–Trinajstić information content (AvgIpc) is 3.29. The molecule has 2 aromatic carbocycles. The van der Waals surface area contributed by atoms with Crippen LogP contribution in [0.2, 0.25) is 0 Å². The van der Waals surface area contributed by atoms with Gasteiger partial charge in [-0.2, -0.15) is 0 Å². The van der Waals surface area contributed by atoms with Gasteiger partial charge in [-0.3, -0.25) is 4.57 Å². The van der Waals surface area contributed by atoms with Crippen molar-refractivity contribution in [1.82, 2.24) is 19.7 Å². The molecule has 0 unspecified atom stereocenters. The highest BCUT2D eigenvalue weighted by atomic mass is 16.5. The Kier molecular flexibility index (Phi) is 3.49. The molecule has 0 saturated heterocycles. The van der Waals surface area contributed by atoms with E-state index >= 15 is 0 Å². The van der Waals surface area contributed by atoms with Gasteiger partial charge in [0, 0.05) is 5.56 Å². The van der Waals surface area contributed by atoms with E-state index in [1.165, 1.54) is 5.56 Å². The van der Waals surface area contributed by atoms with Gasteiger partial charge < -0.3 is 9.15 Å². The number of ether oxygens (including phenoxy) is 1. The summed E-state index contributed by atoms with van der Waals surface area (Å²) in [5.41, 5.74) is 4.59. The van der Waals surface area contributed by atoms with Crippen molar-refractivity contribution in [2.45, 2.75) is 13.3 Å². The number of nitrogens with zero attached hydrogens (tertiary/aromatic N) is 4. The lowest BCUT2D eigenvalue weighted by molar-refractivity contribution is 0.413. The summed E-state index contributed by atoms with van der Waals surface area (Å²) < 4.78 is 13.1. The molecular formula is C18H16N4O2. The third kappa shape index (κ3) is 2.42. The van der Waals surface area contributed by atoms with E-state index in [0.29, 0.717) is 5.89 Å². The Morgan fingerprint density at radius 3 is 2.67 bits per heavy atom. The van der Waals surface area contributed by atoms with Crippen molar-refractivity contribution in [3.8, 4) is 22.9 Å². The molecule has 0 aliphatic rings. The van der Waals surface area contributed by atoms with Gasteiger partial charge in [-0.25, -0.2) is 4.98 Å². The summed E-state index contributed by atoms with van der Waals surface area (Å²) in [5.74, 6) is 1.30. The summed E-state index contributed by atoms with van der Waals surface area (Å²) in [4.78, 5) is 4.62. The van der Waals surface area contributed by atoms with Gasteiger partial charge in [0.25, 0.3) is 0 Å². The van der Waals surface area contributed by atoms with Gasteiger partial charge in [0.15, 0.2) is 5.58 Å². The zero-order valence-corrected chi connectivity index (χ0v) is 13.4. The van der Waals surface area contributed by atoms with E-state index < -0.39 is 0 Å². The smallest absolute Gasteiger partial charge is 0.227 e. The fourth-order valence-corrected chi connectivity index (χ4v) is 2.67. The zero-order chi connectivity index (χ0) is 16.5. The highest BCUT2D eigenvalue weighted by Crippen LogP contribution is 2.30. The van der Waals surface area contributed by atoms with Crippen molar-refractivity contribution in [1.29, 1.82) is 0 Å². The SMILES string of the molecule is CCc1ccc2oc(-c3ccc(OC)c(-n4cnnc4)c3)nc2c1. The van der Waals surface area contributed by atoms with E-state index in [9.17, 15) is 0 Å². The van der Waals surface area contributed by atoms with Gasteiger partial charge >= 0.3 is 0 Å². The summed E-state index contributed by atoms with van der Waals surface area (Å²) in [6, 6.07) is 11.9. The molecule has 0 saturated carbocycles. The lowest BCUT2D eigenvalue weighted by atomic mass is 10.1. The fourth-order valence-electron chi connectivity index (χ4n) is 2.67. The largest absolute Gasteiger partial charge is 0.495 e. The summed E-state index contributed by atoms with van der Waals surface area (Å²) in [6.07, 6.45) is 4.22. The third-order valence-electron chi connectivity index (χ3n) is 3.98. The predicted molar refractivity (Wildman–Crippen MR) is 90.3 cm³/mol. The van der Waals surface area contributed by atoms with Gasteiger partial charge in [0.2, 0.25) is 5.89 Å². The van der Waals surface area contributed by atoms with Crippen molar-refractivity contribution in [2.24, 2.45) is 0 Å². The summed E-state index contributed by atoms with van der Waals surface area (Å²) in [7, 11) is 1.63. The second-order valence-electron chi connectivity index (χ2n) is 5.43. The predicted octanol–water partition coefficient (Wildman–Crippen LogP) is 3.65. The molecule has 0 aliphatic heterocycles. The molecule has 0 amide bonds. The van der Waals surface area contributed by atoms with Crippen LogP contribution < -0.4 is 4.74 Å².